The van der Waals surface area contributed by atoms with Crippen LogP contribution < -0.4 is 4.80 Å². The van der Waals surface area contributed by atoms with Crippen LogP contribution in [0.4, 0.5) is 0 Å². The van der Waals surface area contributed by atoms with Crippen molar-refractivity contribution in [1.82, 2.24) is 4.57 Å². The summed E-state index contributed by atoms with van der Waals surface area (Å²) in [7, 11) is 1.27. The minimum Gasteiger partial charge on any atom is -0.465 e. The van der Waals surface area contributed by atoms with Gasteiger partial charge in [-0.3, -0.25) is 9.59 Å². The molecule has 3 aromatic rings. The molecule has 1 aromatic heterocycles. The average Bonchev–Trinajstić information content (AvgIpc) is 3.14. The third-order valence-corrected chi connectivity index (χ3v) is 5.58. The second-order valence-electron chi connectivity index (χ2n) is 6.66. The van der Waals surface area contributed by atoms with Crippen LogP contribution in [0, 0.1) is 0 Å². The van der Waals surface area contributed by atoms with E-state index in [0.29, 0.717) is 21.3 Å². The summed E-state index contributed by atoms with van der Waals surface area (Å²) in [6.07, 6.45) is 0. The Kier molecular flexibility index (Phi) is 7.73. The smallest absolute Gasteiger partial charge is 0.338 e. The number of carbonyl (C=O) groups excluding carboxylic acids is 4. The van der Waals surface area contributed by atoms with Gasteiger partial charge in [0.1, 0.15) is 6.54 Å². The molecule has 0 radical (unpaired) electrons. The van der Waals surface area contributed by atoms with Gasteiger partial charge in [0.2, 0.25) is 0 Å². The summed E-state index contributed by atoms with van der Waals surface area (Å²) in [5.74, 6) is -2.02. The highest BCUT2D eigenvalue weighted by molar-refractivity contribution is 7.16. The van der Waals surface area contributed by atoms with Gasteiger partial charge in [-0.1, -0.05) is 11.3 Å². The fourth-order valence-electron chi connectivity index (χ4n) is 3.01. The van der Waals surface area contributed by atoms with E-state index in [1.54, 1.807) is 36.6 Å². The third kappa shape index (κ3) is 5.53. The van der Waals surface area contributed by atoms with Crippen LogP contribution in [0.1, 0.15) is 44.9 Å². The molecule has 0 aliphatic carbocycles. The zero-order valence-corrected chi connectivity index (χ0v) is 19.1. The van der Waals surface area contributed by atoms with E-state index in [1.165, 1.54) is 31.4 Å². The quantitative estimate of drug-likeness (QED) is 0.385. The van der Waals surface area contributed by atoms with Crippen molar-refractivity contribution in [2.24, 2.45) is 4.99 Å². The van der Waals surface area contributed by atoms with Crippen LogP contribution in [0.25, 0.3) is 10.2 Å². The predicted octanol–water partition coefficient (Wildman–Crippen LogP) is 2.97. The molecular weight excluding hydrogens is 448 g/mol. The third-order valence-electron chi connectivity index (χ3n) is 4.54. The van der Waals surface area contributed by atoms with E-state index in [0.717, 1.165) is 11.3 Å². The fourth-order valence-corrected chi connectivity index (χ4v) is 4.07. The molecule has 172 valence electrons. The van der Waals surface area contributed by atoms with E-state index in [9.17, 15) is 19.2 Å². The highest BCUT2D eigenvalue weighted by Crippen LogP contribution is 2.20. The highest BCUT2D eigenvalue weighted by atomic mass is 32.1. The van der Waals surface area contributed by atoms with Crippen LogP contribution in [-0.2, 0) is 25.5 Å². The first-order valence-electron chi connectivity index (χ1n) is 10.1. The number of nitrogens with zero attached hydrogens (tertiary/aromatic N) is 2. The number of fused-ring (bicyclic) bond motifs is 1. The molecule has 3 rings (SSSR count). The van der Waals surface area contributed by atoms with Gasteiger partial charge in [0.15, 0.2) is 4.80 Å². The van der Waals surface area contributed by atoms with Crippen molar-refractivity contribution < 1.29 is 33.4 Å². The number of ether oxygens (including phenoxy) is 3. The maximum Gasteiger partial charge on any atom is 0.338 e. The van der Waals surface area contributed by atoms with E-state index in [-0.39, 0.29) is 30.1 Å². The normalized spacial score (nSPS) is 11.3. The molecule has 0 aliphatic heterocycles. The SMILES string of the molecule is CCOC(=O)Cn1c(=NC(=O)c2ccc(C(=O)OC)cc2)sc2cc(C(=O)OCC)ccc21. The van der Waals surface area contributed by atoms with E-state index < -0.39 is 23.8 Å². The van der Waals surface area contributed by atoms with Crippen LogP contribution in [0.2, 0.25) is 0 Å². The van der Waals surface area contributed by atoms with Crippen molar-refractivity contribution in [2.75, 3.05) is 20.3 Å². The van der Waals surface area contributed by atoms with Crippen LogP contribution in [0.3, 0.4) is 0 Å². The van der Waals surface area contributed by atoms with Gasteiger partial charge >= 0.3 is 17.9 Å². The lowest BCUT2D eigenvalue weighted by Gasteiger charge is -2.06. The Balaban J connectivity index is 2.05. The van der Waals surface area contributed by atoms with Gasteiger partial charge in [0, 0.05) is 5.56 Å². The zero-order valence-electron chi connectivity index (χ0n) is 18.3. The number of hydrogen-bond donors (Lipinski definition) is 0. The predicted molar refractivity (Wildman–Crippen MR) is 120 cm³/mol. The highest BCUT2D eigenvalue weighted by Gasteiger charge is 2.16. The van der Waals surface area contributed by atoms with Crippen molar-refractivity contribution in [3.63, 3.8) is 0 Å². The minimum absolute atomic E-state index is 0.153. The second kappa shape index (κ2) is 10.7. The molecule has 2 aromatic carbocycles. The number of benzene rings is 2. The molecule has 0 saturated heterocycles. The molecule has 0 N–H and O–H groups in total. The largest absolute Gasteiger partial charge is 0.465 e. The maximum absolute atomic E-state index is 12.8. The number of methoxy groups -OCH3 is 1. The molecule has 0 unspecified atom stereocenters. The molecule has 0 spiro atoms. The summed E-state index contributed by atoms with van der Waals surface area (Å²) in [5.41, 5.74) is 1.54. The lowest BCUT2D eigenvalue weighted by molar-refractivity contribution is -0.143. The van der Waals surface area contributed by atoms with Crippen molar-refractivity contribution in [3.05, 3.63) is 64.0 Å². The van der Waals surface area contributed by atoms with Crippen molar-refractivity contribution in [3.8, 4) is 0 Å². The minimum atomic E-state index is -0.554. The molecule has 0 aliphatic rings. The Morgan fingerprint density at radius 1 is 0.879 bits per heavy atom. The molecule has 0 bridgehead atoms. The van der Waals surface area contributed by atoms with E-state index >= 15 is 0 Å². The molecule has 33 heavy (non-hydrogen) atoms. The van der Waals surface area contributed by atoms with Crippen molar-refractivity contribution in [1.29, 1.82) is 0 Å². The number of rotatable bonds is 7. The van der Waals surface area contributed by atoms with Gasteiger partial charge in [0.25, 0.3) is 5.91 Å². The Morgan fingerprint density at radius 2 is 1.52 bits per heavy atom. The van der Waals surface area contributed by atoms with E-state index in [1.807, 2.05) is 0 Å². The molecule has 1 amide bonds. The summed E-state index contributed by atoms with van der Waals surface area (Å²) in [4.78, 5) is 53.1. The van der Waals surface area contributed by atoms with Gasteiger partial charge < -0.3 is 18.8 Å². The summed E-state index contributed by atoms with van der Waals surface area (Å²) in [6.45, 7) is 3.72. The van der Waals surface area contributed by atoms with Gasteiger partial charge in [-0.2, -0.15) is 4.99 Å². The molecule has 0 atom stereocenters. The van der Waals surface area contributed by atoms with Gasteiger partial charge in [0.05, 0.1) is 41.7 Å². The summed E-state index contributed by atoms with van der Waals surface area (Å²) < 4.78 is 17.0. The maximum atomic E-state index is 12.8. The summed E-state index contributed by atoms with van der Waals surface area (Å²) in [5, 5.41) is 0. The number of carbonyl (C=O) groups is 4. The first-order valence-corrected chi connectivity index (χ1v) is 10.9. The lowest BCUT2D eigenvalue weighted by atomic mass is 10.1. The van der Waals surface area contributed by atoms with E-state index in [2.05, 4.69) is 9.73 Å². The summed E-state index contributed by atoms with van der Waals surface area (Å²) >= 11 is 1.15. The first kappa shape index (κ1) is 23.9. The standard InChI is InChI=1S/C23H22N2O7S/c1-4-31-19(26)13-25-17-11-10-16(22(29)32-5-2)12-18(17)33-23(25)24-20(27)14-6-8-15(9-7-14)21(28)30-3/h6-12H,4-5,13H2,1-3H3. The molecule has 0 saturated carbocycles. The van der Waals surface area contributed by atoms with Crippen molar-refractivity contribution >= 4 is 45.4 Å². The Hall–Kier alpha value is -3.79. The molecular formula is C23H22N2O7S. The van der Waals surface area contributed by atoms with E-state index in [4.69, 9.17) is 9.47 Å². The zero-order chi connectivity index (χ0) is 24.0. The second-order valence-corrected chi connectivity index (χ2v) is 7.67. The molecule has 0 fully saturated rings. The number of esters is 3. The Bertz CT molecular complexity index is 1270. The number of hydrogen-bond acceptors (Lipinski definition) is 8. The topological polar surface area (TPSA) is 113 Å². The van der Waals surface area contributed by atoms with Gasteiger partial charge in [-0.15, -0.1) is 0 Å². The lowest BCUT2D eigenvalue weighted by Crippen LogP contribution is -2.23. The number of aromatic nitrogens is 1. The van der Waals surface area contributed by atoms with Crippen LogP contribution in [-0.4, -0.2) is 48.7 Å². The van der Waals surface area contributed by atoms with Gasteiger partial charge in [-0.05, 0) is 56.3 Å². The average molecular weight is 471 g/mol. The molecule has 10 heteroatoms. The Labute approximate surface area is 193 Å². The number of amides is 1. The van der Waals surface area contributed by atoms with Crippen molar-refractivity contribution in [2.45, 2.75) is 20.4 Å². The van der Waals surface area contributed by atoms with Crippen LogP contribution in [0.5, 0.6) is 0 Å². The fraction of sp³-hybridized carbons (Fsp3) is 0.261. The monoisotopic (exact) mass is 470 g/mol. The van der Waals surface area contributed by atoms with Gasteiger partial charge in [-0.25, -0.2) is 9.59 Å². The Morgan fingerprint density at radius 3 is 2.15 bits per heavy atom. The van der Waals surface area contributed by atoms with Crippen LogP contribution in [0.15, 0.2) is 47.5 Å². The van der Waals surface area contributed by atoms with Crippen LogP contribution >= 0.6 is 11.3 Å². The first-order chi connectivity index (χ1) is 15.9. The summed E-state index contributed by atoms with van der Waals surface area (Å²) in [6, 6.07) is 10.8. The number of thiazole rings is 1. The molecule has 1 heterocycles. The molecule has 9 nitrogen and oxygen atoms in total.